The highest BCUT2D eigenvalue weighted by Gasteiger charge is 2.18. The number of rotatable bonds is 6. The molecule has 1 aromatic rings. The van der Waals surface area contributed by atoms with Crippen LogP contribution in [0.3, 0.4) is 0 Å². The molecule has 1 aromatic carbocycles. The molecule has 1 unspecified atom stereocenters. The van der Waals surface area contributed by atoms with E-state index in [0.717, 1.165) is 0 Å². The first-order valence-electron chi connectivity index (χ1n) is 5.78. The lowest BCUT2D eigenvalue weighted by atomic mass is 10.2. The summed E-state index contributed by atoms with van der Waals surface area (Å²) in [5.74, 6) is -0.980. The van der Waals surface area contributed by atoms with Crippen LogP contribution in [0.2, 0.25) is 0 Å². The molecule has 102 valence electrons. The number of ether oxygens (including phenoxy) is 2. The van der Waals surface area contributed by atoms with E-state index in [9.17, 15) is 14.7 Å². The summed E-state index contributed by atoms with van der Waals surface area (Å²) >= 11 is 0. The lowest BCUT2D eigenvalue weighted by Gasteiger charge is -2.10. The summed E-state index contributed by atoms with van der Waals surface area (Å²) < 4.78 is 9.70. The molecule has 0 aliphatic carbocycles. The van der Waals surface area contributed by atoms with Gasteiger partial charge in [0.25, 0.3) is 0 Å². The van der Waals surface area contributed by atoms with Gasteiger partial charge in [-0.25, -0.2) is 9.59 Å². The number of benzene rings is 1. The van der Waals surface area contributed by atoms with Crippen LogP contribution >= 0.6 is 0 Å². The van der Waals surface area contributed by atoms with E-state index in [2.05, 4.69) is 6.58 Å². The van der Waals surface area contributed by atoms with Gasteiger partial charge in [-0.3, -0.25) is 0 Å². The molecule has 0 amide bonds. The molecule has 5 heteroatoms. The molecular weight excluding hydrogens is 248 g/mol. The minimum absolute atomic E-state index is 0.0231. The number of hydrogen-bond donors (Lipinski definition) is 1. The SMILES string of the molecule is C=C(C)C(=O)OCCC(O)C(=O)Oc1ccccc1. The van der Waals surface area contributed by atoms with Crippen molar-refractivity contribution in [2.45, 2.75) is 19.4 Å². The Morgan fingerprint density at radius 1 is 1.32 bits per heavy atom. The predicted octanol–water partition coefficient (Wildman–Crippen LogP) is 1.46. The van der Waals surface area contributed by atoms with Crippen LogP contribution in [0.4, 0.5) is 0 Å². The molecule has 0 radical (unpaired) electrons. The lowest BCUT2D eigenvalue weighted by Crippen LogP contribution is -2.27. The number of para-hydroxylation sites is 1. The van der Waals surface area contributed by atoms with Gasteiger partial charge in [-0.15, -0.1) is 0 Å². The fourth-order valence-electron chi connectivity index (χ4n) is 1.18. The predicted molar refractivity (Wildman–Crippen MR) is 68.5 cm³/mol. The van der Waals surface area contributed by atoms with Crippen molar-refractivity contribution in [3.05, 3.63) is 42.5 Å². The molecular formula is C14H16O5. The maximum atomic E-state index is 11.5. The summed E-state index contributed by atoms with van der Waals surface area (Å²) in [5, 5.41) is 9.54. The highest BCUT2D eigenvalue weighted by atomic mass is 16.6. The van der Waals surface area contributed by atoms with E-state index in [1.165, 1.54) is 6.92 Å². The molecule has 5 nitrogen and oxygen atoms in total. The van der Waals surface area contributed by atoms with Crippen molar-refractivity contribution < 1.29 is 24.2 Å². The van der Waals surface area contributed by atoms with Crippen molar-refractivity contribution in [2.75, 3.05) is 6.61 Å². The third kappa shape index (κ3) is 5.35. The van der Waals surface area contributed by atoms with Crippen LogP contribution < -0.4 is 4.74 Å². The second kappa shape index (κ2) is 7.33. The van der Waals surface area contributed by atoms with Crippen molar-refractivity contribution >= 4 is 11.9 Å². The first-order chi connectivity index (χ1) is 9.00. The third-order valence-corrected chi connectivity index (χ3v) is 2.21. The number of hydrogen-bond acceptors (Lipinski definition) is 5. The lowest BCUT2D eigenvalue weighted by molar-refractivity contribution is -0.147. The summed E-state index contributed by atoms with van der Waals surface area (Å²) in [6.45, 7) is 4.86. The van der Waals surface area contributed by atoms with E-state index < -0.39 is 18.0 Å². The highest BCUT2D eigenvalue weighted by molar-refractivity contribution is 5.86. The van der Waals surface area contributed by atoms with Crippen molar-refractivity contribution in [3.8, 4) is 5.75 Å². The zero-order valence-electron chi connectivity index (χ0n) is 10.7. The Kier molecular flexibility index (Phi) is 5.75. The van der Waals surface area contributed by atoms with Crippen LogP contribution in [0.5, 0.6) is 5.75 Å². The van der Waals surface area contributed by atoms with E-state index in [-0.39, 0.29) is 18.6 Å². The van der Waals surface area contributed by atoms with Crippen molar-refractivity contribution in [1.82, 2.24) is 0 Å². The van der Waals surface area contributed by atoms with Gasteiger partial charge in [0.15, 0.2) is 6.10 Å². The smallest absolute Gasteiger partial charge is 0.340 e. The van der Waals surface area contributed by atoms with Gasteiger partial charge >= 0.3 is 11.9 Å². The molecule has 0 aliphatic heterocycles. The van der Waals surface area contributed by atoms with Gasteiger partial charge in [0.1, 0.15) is 5.75 Å². The molecule has 0 spiro atoms. The summed E-state index contributed by atoms with van der Waals surface area (Å²) in [4.78, 5) is 22.6. The minimum atomic E-state index is -1.34. The van der Waals surface area contributed by atoms with Gasteiger partial charge in [0.05, 0.1) is 6.61 Å². The Morgan fingerprint density at radius 2 is 1.95 bits per heavy atom. The van der Waals surface area contributed by atoms with Crippen LogP contribution in [-0.4, -0.2) is 29.8 Å². The standard InChI is InChI=1S/C14H16O5/c1-10(2)13(16)18-9-8-12(15)14(17)19-11-6-4-3-5-7-11/h3-7,12,15H,1,8-9H2,2H3. The van der Waals surface area contributed by atoms with Crippen LogP contribution in [0.1, 0.15) is 13.3 Å². The largest absolute Gasteiger partial charge is 0.462 e. The van der Waals surface area contributed by atoms with Gasteiger partial charge < -0.3 is 14.6 Å². The molecule has 19 heavy (non-hydrogen) atoms. The Balaban J connectivity index is 2.33. The minimum Gasteiger partial charge on any atom is -0.462 e. The quantitative estimate of drug-likeness (QED) is 0.478. The fraction of sp³-hybridized carbons (Fsp3) is 0.286. The topological polar surface area (TPSA) is 72.8 Å². The maximum Gasteiger partial charge on any atom is 0.340 e. The molecule has 0 saturated heterocycles. The Bertz CT molecular complexity index is 452. The molecule has 0 aliphatic rings. The second-order valence-electron chi connectivity index (χ2n) is 3.95. The van der Waals surface area contributed by atoms with Gasteiger partial charge in [-0.1, -0.05) is 24.8 Å². The summed E-state index contributed by atoms with van der Waals surface area (Å²) in [5.41, 5.74) is 0.265. The fourth-order valence-corrected chi connectivity index (χ4v) is 1.18. The van der Waals surface area contributed by atoms with Crippen molar-refractivity contribution in [3.63, 3.8) is 0 Å². The van der Waals surface area contributed by atoms with E-state index in [1.807, 2.05) is 0 Å². The van der Waals surface area contributed by atoms with Crippen molar-refractivity contribution in [2.24, 2.45) is 0 Å². The monoisotopic (exact) mass is 264 g/mol. The summed E-state index contributed by atoms with van der Waals surface area (Å²) in [6.07, 6.45) is -1.36. The van der Waals surface area contributed by atoms with Gasteiger partial charge in [0.2, 0.25) is 0 Å². The number of esters is 2. The number of carbonyl (C=O) groups excluding carboxylic acids is 2. The van der Waals surface area contributed by atoms with E-state index >= 15 is 0 Å². The average molecular weight is 264 g/mol. The van der Waals surface area contributed by atoms with Crippen LogP contribution in [0.15, 0.2) is 42.5 Å². The Labute approximate surface area is 111 Å². The van der Waals surface area contributed by atoms with Crippen LogP contribution in [-0.2, 0) is 14.3 Å². The van der Waals surface area contributed by atoms with Crippen molar-refractivity contribution in [1.29, 1.82) is 0 Å². The van der Waals surface area contributed by atoms with E-state index in [0.29, 0.717) is 5.75 Å². The normalized spacial score (nSPS) is 11.5. The number of aliphatic hydroxyl groups is 1. The van der Waals surface area contributed by atoms with E-state index in [1.54, 1.807) is 30.3 Å². The van der Waals surface area contributed by atoms with Gasteiger partial charge in [0, 0.05) is 12.0 Å². The summed E-state index contributed by atoms with van der Waals surface area (Å²) in [7, 11) is 0. The molecule has 1 N–H and O–H groups in total. The second-order valence-corrected chi connectivity index (χ2v) is 3.95. The van der Waals surface area contributed by atoms with Gasteiger partial charge in [-0.2, -0.15) is 0 Å². The highest BCUT2D eigenvalue weighted by Crippen LogP contribution is 2.10. The first kappa shape index (κ1) is 14.9. The Hall–Kier alpha value is -2.14. The molecule has 0 heterocycles. The number of carbonyl (C=O) groups is 2. The first-order valence-corrected chi connectivity index (χ1v) is 5.78. The molecule has 1 atom stereocenters. The zero-order valence-corrected chi connectivity index (χ0v) is 10.7. The maximum absolute atomic E-state index is 11.5. The van der Waals surface area contributed by atoms with E-state index in [4.69, 9.17) is 9.47 Å². The Morgan fingerprint density at radius 3 is 2.53 bits per heavy atom. The zero-order chi connectivity index (χ0) is 14.3. The summed E-state index contributed by atoms with van der Waals surface area (Å²) in [6, 6.07) is 8.41. The molecule has 0 aromatic heterocycles. The molecule has 1 rings (SSSR count). The van der Waals surface area contributed by atoms with Crippen LogP contribution in [0.25, 0.3) is 0 Å². The van der Waals surface area contributed by atoms with Gasteiger partial charge in [-0.05, 0) is 19.1 Å². The third-order valence-electron chi connectivity index (χ3n) is 2.21. The van der Waals surface area contributed by atoms with Crippen LogP contribution in [0, 0.1) is 0 Å². The molecule has 0 saturated carbocycles. The number of aliphatic hydroxyl groups excluding tert-OH is 1. The average Bonchev–Trinajstić information content (AvgIpc) is 2.39. The molecule has 0 fully saturated rings. The molecule has 0 bridgehead atoms.